The molecule has 104 valence electrons. The summed E-state index contributed by atoms with van der Waals surface area (Å²) in [7, 11) is -0.426. The third kappa shape index (κ3) is 2.66. The lowest BCUT2D eigenvalue weighted by Gasteiger charge is -2.28. The van der Waals surface area contributed by atoms with Crippen LogP contribution < -0.4 is 9.31 Å². The maximum Gasteiger partial charge on any atom is 0.512 e. The number of hydrogen-bond donors (Lipinski definition) is 0. The predicted octanol–water partition coefficient (Wildman–Crippen LogP) is 3.25. The Labute approximate surface area is 125 Å². The standard InChI is InChI=1S/C16H16B2O3/c1-3-7-15-13(5-1)9-11-17(19-15)21-18-12-10-14-6-2-4-8-16(14)20-18/h1-8H,9-12H2. The van der Waals surface area contributed by atoms with E-state index in [0.717, 1.165) is 37.0 Å². The Kier molecular flexibility index (Phi) is 3.36. The highest BCUT2D eigenvalue weighted by Gasteiger charge is 2.35. The second-order valence-electron chi connectivity index (χ2n) is 5.52. The summed E-state index contributed by atoms with van der Waals surface area (Å²) >= 11 is 0. The molecule has 0 amide bonds. The minimum Gasteiger partial charge on any atom is -0.536 e. The highest BCUT2D eigenvalue weighted by Crippen LogP contribution is 2.30. The number of benzene rings is 2. The summed E-state index contributed by atoms with van der Waals surface area (Å²) in [6.45, 7) is 0. The molecule has 0 radical (unpaired) electrons. The smallest absolute Gasteiger partial charge is 0.512 e. The van der Waals surface area contributed by atoms with E-state index >= 15 is 0 Å². The molecule has 0 aliphatic carbocycles. The Morgan fingerprint density at radius 1 is 0.714 bits per heavy atom. The molecule has 0 N–H and O–H groups in total. The summed E-state index contributed by atoms with van der Waals surface area (Å²) < 4.78 is 17.8. The van der Waals surface area contributed by atoms with Gasteiger partial charge in [0.25, 0.3) is 0 Å². The van der Waals surface area contributed by atoms with Crippen LogP contribution in [0.25, 0.3) is 0 Å². The zero-order valence-corrected chi connectivity index (χ0v) is 11.8. The SMILES string of the molecule is c1ccc2c(c1)CCB(OB1CCc3ccccc3O1)O2. The van der Waals surface area contributed by atoms with Crippen LogP contribution in [-0.2, 0) is 17.4 Å². The van der Waals surface area contributed by atoms with E-state index in [4.69, 9.17) is 13.9 Å². The van der Waals surface area contributed by atoms with Crippen LogP contribution in [0.15, 0.2) is 48.5 Å². The molecule has 0 fully saturated rings. The first kappa shape index (κ1) is 12.8. The van der Waals surface area contributed by atoms with Crippen LogP contribution in [-0.4, -0.2) is 14.2 Å². The summed E-state index contributed by atoms with van der Waals surface area (Å²) in [5.74, 6) is 1.87. The predicted molar refractivity (Wildman–Crippen MR) is 83.8 cm³/mol. The fourth-order valence-electron chi connectivity index (χ4n) is 2.96. The molecule has 2 aliphatic rings. The van der Waals surface area contributed by atoms with Crippen molar-refractivity contribution in [2.75, 3.05) is 0 Å². The molecule has 0 bridgehead atoms. The van der Waals surface area contributed by atoms with Crippen molar-refractivity contribution in [3.8, 4) is 11.5 Å². The van der Waals surface area contributed by atoms with Gasteiger partial charge in [0.2, 0.25) is 0 Å². The number of para-hydroxylation sites is 2. The molecule has 2 heterocycles. The van der Waals surface area contributed by atoms with E-state index in [9.17, 15) is 0 Å². The quantitative estimate of drug-likeness (QED) is 0.789. The van der Waals surface area contributed by atoms with E-state index < -0.39 is 0 Å². The fourth-order valence-corrected chi connectivity index (χ4v) is 2.96. The molecule has 3 nitrogen and oxygen atoms in total. The van der Waals surface area contributed by atoms with Crippen LogP contribution in [0.1, 0.15) is 11.1 Å². The Morgan fingerprint density at radius 3 is 1.71 bits per heavy atom. The van der Waals surface area contributed by atoms with Crippen LogP contribution >= 0.6 is 0 Å². The molecular weight excluding hydrogens is 262 g/mol. The molecule has 4 rings (SSSR count). The van der Waals surface area contributed by atoms with Crippen molar-refractivity contribution in [1.82, 2.24) is 0 Å². The first-order valence-electron chi connectivity index (χ1n) is 7.53. The average molecular weight is 278 g/mol. The molecule has 2 aromatic rings. The van der Waals surface area contributed by atoms with Crippen molar-refractivity contribution in [3.05, 3.63) is 59.7 Å². The minimum atomic E-state index is -0.213. The first-order chi connectivity index (χ1) is 10.4. The van der Waals surface area contributed by atoms with Gasteiger partial charge in [0.1, 0.15) is 11.5 Å². The molecule has 2 aliphatic heterocycles. The van der Waals surface area contributed by atoms with Crippen molar-refractivity contribution < 1.29 is 13.9 Å². The monoisotopic (exact) mass is 278 g/mol. The van der Waals surface area contributed by atoms with Gasteiger partial charge in [-0.05, 0) is 48.7 Å². The summed E-state index contributed by atoms with van der Waals surface area (Å²) in [4.78, 5) is 0. The number of aryl methyl sites for hydroxylation is 2. The number of fused-ring (bicyclic) bond motifs is 2. The second-order valence-corrected chi connectivity index (χ2v) is 5.52. The van der Waals surface area contributed by atoms with Gasteiger partial charge in [-0.2, -0.15) is 0 Å². The summed E-state index contributed by atoms with van der Waals surface area (Å²) in [6.07, 6.45) is 3.73. The van der Waals surface area contributed by atoms with E-state index in [1.54, 1.807) is 0 Å². The molecule has 0 atom stereocenters. The van der Waals surface area contributed by atoms with Crippen molar-refractivity contribution in [2.24, 2.45) is 0 Å². The Hall–Kier alpha value is -1.87. The summed E-state index contributed by atoms with van der Waals surface area (Å²) in [5.41, 5.74) is 2.51. The Morgan fingerprint density at radius 2 is 1.19 bits per heavy atom. The van der Waals surface area contributed by atoms with Gasteiger partial charge in [0.15, 0.2) is 0 Å². The Balaban J connectivity index is 1.42. The van der Waals surface area contributed by atoms with Gasteiger partial charge < -0.3 is 13.9 Å². The van der Waals surface area contributed by atoms with Crippen LogP contribution in [0.5, 0.6) is 11.5 Å². The van der Waals surface area contributed by atoms with Crippen molar-refractivity contribution >= 4 is 14.2 Å². The van der Waals surface area contributed by atoms with E-state index in [1.165, 1.54) is 11.1 Å². The highest BCUT2D eigenvalue weighted by atomic mass is 16.6. The van der Waals surface area contributed by atoms with E-state index in [1.807, 2.05) is 36.4 Å². The molecule has 21 heavy (non-hydrogen) atoms. The van der Waals surface area contributed by atoms with Gasteiger partial charge in [0, 0.05) is 0 Å². The van der Waals surface area contributed by atoms with Crippen molar-refractivity contribution in [3.63, 3.8) is 0 Å². The van der Waals surface area contributed by atoms with Crippen molar-refractivity contribution in [1.29, 1.82) is 0 Å². The second kappa shape index (κ2) is 5.49. The maximum absolute atomic E-state index is 6.00. The van der Waals surface area contributed by atoms with Crippen LogP contribution in [0.3, 0.4) is 0 Å². The molecular formula is C16H16B2O3. The first-order valence-corrected chi connectivity index (χ1v) is 7.53. The van der Waals surface area contributed by atoms with E-state index in [-0.39, 0.29) is 14.2 Å². The molecule has 0 unspecified atom stereocenters. The van der Waals surface area contributed by atoms with Gasteiger partial charge in [-0.15, -0.1) is 0 Å². The third-order valence-electron chi connectivity index (χ3n) is 4.06. The largest absolute Gasteiger partial charge is 0.536 e. The normalized spacial score (nSPS) is 16.6. The minimum absolute atomic E-state index is 0.213. The molecule has 0 saturated heterocycles. The zero-order chi connectivity index (χ0) is 14.1. The lowest BCUT2D eigenvalue weighted by molar-refractivity contribution is 0.350. The lowest BCUT2D eigenvalue weighted by atomic mass is 9.70. The van der Waals surface area contributed by atoms with E-state index in [2.05, 4.69) is 12.1 Å². The van der Waals surface area contributed by atoms with Crippen molar-refractivity contribution in [2.45, 2.75) is 25.5 Å². The molecule has 0 spiro atoms. The molecule has 5 heteroatoms. The van der Waals surface area contributed by atoms with Crippen LogP contribution in [0, 0.1) is 0 Å². The fraction of sp³-hybridized carbons (Fsp3) is 0.250. The average Bonchev–Trinajstić information content (AvgIpc) is 2.55. The summed E-state index contributed by atoms with van der Waals surface area (Å²) in [5, 5.41) is 0. The number of rotatable bonds is 2. The van der Waals surface area contributed by atoms with Gasteiger partial charge >= 0.3 is 14.2 Å². The molecule has 2 aromatic carbocycles. The lowest BCUT2D eigenvalue weighted by Crippen LogP contribution is -2.41. The summed E-state index contributed by atoms with van der Waals surface area (Å²) in [6, 6.07) is 16.3. The number of hydrogen-bond acceptors (Lipinski definition) is 3. The van der Waals surface area contributed by atoms with Gasteiger partial charge in [-0.25, -0.2) is 0 Å². The van der Waals surface area contributed by atoms with Gasteiger partial charge in [-0.3, -0.25) is 0 Å². The van der Waals surface area contributed by atoms with Gasteiger partial charge in [-0.1, -0.05) is 36.4 Å². The maximum atomic E-state index is 6.00. The molecule has 0 aromatic heterocycles. The van der Waals surface area contributed by atoms with Crippen LogP contribution in [0.2, 0.25) is 12.6 Å². The van der Waals surface area contributed by atoms with Gasteiger partial charge in [0.05, 0.1) is 0 Å². The molecule has 0 saturated carbocycles. The highest BCUT2D eigenvalue weighted by molar-refractivity contribution is 6.60. The zero-order valence-electron chi connectivity index (χ0n) is 11.8. The Bertz CT molecular complexity index is 591. The topological polar surface area (TPSA) is 27.7 Å². The van der Waals surface area contributed by atoms with E-state index in [0.29, 0.717) is 0 Å². The third-order valence-corrected chi connectivity index (χ3v) is 4.06. The van der Waals surface area contributed by atoms with Crippen LogP contribution in [0.4, 0.5) is 0 Å².